The SMILES string of the molecule is Cc1ccccc1OCC(=O)N(CCc1ccccc1)C(C)C(=O)NC(C)(C)C. The van der Waals surface area contributed by atoms with Crippen molar-refractivity contribution < 1.29 is 14.3 Å². The predicted molar refractivity (Wildman–Crippen MR) is 116 cm³/mol. The number of benzene rings is 2. The first-order valence-corrected chi connectivity index (χ1v) is 10.0. The van der Waals surface area contributed by atoms with Crippen LogP contribution in [0.15, 0.2) is 54.6 Å². The monoisotopic (exact) mass is 396 g/mol. The van der Waals surface area contributed by atoms with Crippen molar-refractivity contribution in [3.63, 3.8) is 0 Å². The first-order chi connectivity index (χ1) is 13.7. The van der Waals surface area contributed by atoms with Crippen molar-refractivity contribution in [3.8, 4) is 5.75 Å². The van der Waals surface area contributed by atoms with Crippen LogP contribution in [0.3, 0.4) is 0 Å². The summed E-state index contributed by atoms with van der Waals surface area (Å²) in [5.74, 6) is 0.297. The molecule has 1 N–H and O–H groups in total. The van der Waals surface area contributed by atoms with E-state index in [1.807, 2.05) is 82.3 Å². The average molecular weight is 397 g/mol. The van der Waals surface area contributed by atoms with E-state index >= 15 is 0 Å². The van der Waals surface area contributed by atoms with Gasteiger partial charge in [0.05, 0.1) is 0 Å². The Kier molecular flexibility index (Phi) is 7.82. The van der Waals surface area contributed by atoms with E-state index in [4.69, 9.17) is 4.74 Å². The number of rotatable bonds is 8. The molecule has 0 bridgehead atoms. The first-order valence-electron chi connectivity index (χ1n) is 10.0. The Balaban J connectivity index is 2.10. The van der Waals surface area contributed by atoms with Gasteiger partial charge < -0.3 is 15.0 Å². The first kappa shape index (κ1) is 22.5. The lowest BCUT2D eigenvalue weighted by atomic mass is 10.1. The van der Waals surface area contributed by atoms with Crippen LogP contribution in [-0.4, -0.2) is 41.4 Å². The number of para-hydroxylation sites is 1. The van der Waals surface area contributed by atoms with Crippen molar-refractivity contribution in [1.29, 1.82) is 0 Å². The standard InChI is InChI=1S/C24H32N2O3/c1-18-11-9-10-14-21(18)29-17-22(27)26(16-15-20-12-7-6-8-13-20)19(2)23(28)25-24(3,4)5/h6-14,19H,15-17H2,1-5H3,(H,25,28). The fourth-order valence-electron chi connectivity index (χ4n) is 2.98. The molecule has 2 amide bonds. The minimum atomic E-state index is -0.592. The molecule has 0 aliphatic heterocycles. The van der Waals surface area contributed by atoms with Crippen molar-refractivity contribution in [1.82, 2.24) is 10.2 Å². The van der Waals surface area contributed by atoms with Gasteiger partial charge in [-0.25, -0.2) is 0 Å². The summed E-state index contributed by atoms with van der Waals surface area (Å²) in [7, 11) is 0. The van der Waals surface area contributed by atoms with Crippen molar-refractivity contribution >= 4 is 11.8 Å². The number of nitrogens with one attached hydrogen (secondary N) is 1. The third-order valence-corrected chi connectivity index (χ3v) is 4.59. The molecule has 0 saturated heterocycles. The lowest BCUT2D eigenvalue weighted by Gasteiger charge is -2.31. The highest BCUT2D eigenvalue weighted by atomic mass is 16.5. The van der Waals surface area contributed by atoms with Gasteiger partial charge in [0.1, 0.15) is 11.8 Å². The molecule has 0 radical (unpaired) electrons. The summed E-state index contributed by atoms with van der Waals surface area (Å²) >= 11 is 0. The quantitative estimate of drug-likeness (QED) is 0.739. The third kappa shape index (κ3) is 7.26. The number of carbonyl (C=O) groups excluding carboxylic acids is 2. The van der Waals surface area contributed by atoms with E-state index in [2.05, 4.69) is 5.32 Å². The fourth-order valence-corrected chi connectivity index (χ4v) is 2.98. The summed E-state index contributed by atoms with van der Waals surface area (Å²) < 4.78 is 5.74. The molecule has 2 rings (SSSR count). The van der Waals surface area contributed by atoms with Crippen LogP contribution in [0.25, 0.3) is 0 Å². The molecule has 0 aliphatic rings. The van der Waals surface area contributed by atoms with Crippen LogP contribution in [0, 0.1) is 6.92 Å². The number of hydrogen-bond donors (Lipinski definition) is 1. The summed E-state index contributed by atoms with van der Waals surface area (Å²) in [5.41, 5.74) is 1.72. The van der Waals surface area contributed by atoms with Gasteiger partial charge in [-0.1, -0.05) is 48.5 Å². The van der Waals surface area contributed by atoms with Crippen LogP contribution >= 0.6 is 0 Å². The second-order valence-electron chi connectivity index (χ2n) is 8.29. The van der Waals surface area contributed by atoms with Crippen LogP contribution in [-0.2, 0) is 16.0 Å². The van der Waals surface area contributed by atoms with Gasteiger partial charge in [0.15, 0.2) is 6.61 Å². The molecule has 0 heterocycles. The maximum absolute atomic E-state index is 13.0. The van der Waals surface area contributed by atoms with Gasteiger partial charge in [-0.05, 0) is 58.2 Å². The number of amides is 2. The zero-order valence-corrected chi connectivity index (χ0v) is 18.1. The molecule has 29 heavy (non-hydrogen) atoms. The Morgan fingerprint density at radius 3 is 2.28 bits per heavy atom. The molecule has 5 heteroatoms. The Labute approximate surface area is 174 Å². The largest absolute Gasteiger partial charge is 0.484 e. The molecule has 0 fully saturated rings. The van der Waals surface area contributed by atoms with Gasteiger partial charge in [0.25, 0.3) is 5.91 Å². The Hall–Kier alpha value is -2.82. The van der Waals surface area contributed by atoms with Crippen LogP contribution in [0.2, 0.25) is 0 Å². The van der Waals surface area contributed by atoms with Crippen molar-refractivity contribution in [2.75, 3.05) is 13.2 Å². The number of nitrogens with zero attached hydrogens (tertiary/aromatic N) is 1. The van der Waals surface area contributed by atoms with Gasteiger partial charge in [0.2, 0.25) is 5.91 Å². The Morgan fingerprint density at radius 1 is 1.03 bits per heavy atom. The highest BCUT2D eigenvalue weighted by Gasteiger charge is 2.28. The number of aryl methyl sites for hydroxylation is 1. The summed E-state index contributed by atoms with van der Waals surface area (Å²) in [4.78, 5) is 27.3. The molecule has 0 aromatic heterocycles. The lowest BCUT2D eigenvalue weighted by molar-refractivity contribution is -0.142. The van der Waals surface area contributed by atoms with E-state index in [0.29, 0.717) is 18.7 Å². The summed E-state index contributed by atoms with van der Waals surface area (Å²) in [6, 6.07) is 16.9. The molecule has 0 saturated carbocycles. The minimum absolute atomic E-state index is 0.104. The average Bonchev–Trinajstić information content (AvgIpc) is 2.66. The second-order valence-corrected chi connectivity index (χ2v) is 8.29. The molecular formula is C24H32N2O3. The lowest BCUT2D eigenvalue weighted by Crippen LogP contribution is -2.53. The van der Waals surface area contributed by atoms with Crippen LogP contribution < -0.4 is 10.1 Å². The van der Waals surface area contributed by atoms with E-state index in [1.54, 1.807) is 11.8 Å². The molecule has 1 atom stereocenters. The number of carbonyl (C=O) groups is 2. The fraction of sp³-hybridized carbons (Fsp3) is 0.417. The van der Waals surface area contributed by atoms with E-state index in [0.717, 1.165) is 11.1 Å². The smallest absolute Gasteiger partial charge is 0.261 e. The van der Waals surface area contributed by atoms with E-state index in [-0.39, 0.29) is 24.0 Å². The van der Waals surface area contributed by atoms with Crippen molar-refractivity contribution in [2.45, 2.75) is 52.6 Å². The number of ether oxygens (including phenoxy) is 1. The second kappa shape index (κ2) is 10.1. The van der Waals surface area contributed by atoms with Crippen LogP contribution in [0.4, 0.5) is 0 Å². The zero-order valence-electron chi connectivity index (χ0n) is 18.1. The summed E-state index contributed by atoms with van der Waals surface area (Å²) in [6.45, 7) is 9.81. The van der Waals surface area contributed by atoms with Gasteiger partial charge in [-0.2, -0.15) is 0 Å². The van der Waals surface area contributed by atoms with E-state index < -0.39 is 6.04 Å². The van der Waals surface area contributed by atoms with Crippen LogP contribution in [0.5, 0.6) is 5.75 Å². The molecule has 0 spiro atoms. The molecule has 0 aliphatic carbocycles. The maximum Gasteiger partial charge on any atom is 0.261 e. The van der Waals surface area contributed by atoms with Crippen molar-refractivity contribution in [3.05, 3.63) is 65.7 Å². The number of hydrogen-bond acceptors (Lipinski definition) is 3. The highest BCUT2D eigenvalue weighted by molar-refractivity contribution is 5.88. The van der Waals surface area contributed by atoms with Gasteiger partial charge in [-0.15, -0.1) is 0 Å². The molecule has 2 aromatic rings. The summed E-state index contributed by atoms with van der Waals surface area (Å²) in [5, 5.41) is 2.96. The summed E-state index contributed by atoms with van der Waals surface area (Å²) in [6.07, 6.45) is 0.671. The molecule has 156 valence electrons. The Morgan fingerprint density at radius 2 is 1.66 bits per heavy atom. The Bertz CT molecular complexity index is 812. The zero-order chi connectivity index (χ0) is 21.4. The van der Waals surface area contributed by atoms with Gasteiger partial charge in [-0.3, -0.25) is 9.59 Å². The highest BCUT2D eigenvalue weighted by Crippen LogP contribution is 2.16. The molecular weight excluding hydrogens is 364 g/mol. The van der Waals surface area contributed by atoms with Crippen LogP contribution in [0.1, 0.15) is 38.8 Å². The topological polar surface area (TPSA) is 58.6 Å². The molecule has 1 unspecified atom stereocenters. The predicted octanol–water partition coefficient (Wildman–Crippen LogP) is 3.75. The normalized spacial score (nSPS) is 12.2. The van der Waals surface area contributed by atoms with E-state index in [1.165, 1.54) is 0 Å². The van der Waals surface area contributed by atoms with Gasteiger partial charge >= 0.3 is 0 Å². The molecule has 2 aromatic carbocycles. The van der Waals surface area contributed by atoms with E-state index in [9.17, 15) is 9.59 Å². The third-order valence-electron chi connectivity index (χ3n) is 4.59. The minimum Gasteiger partial charge on any atom is -0.484 e. The van der Waals surface area contributed by atoms with Gasteiger partial charge in [0, 0.05) is 12.1 Å². The van der Waals surface area contributed by atoms with Crippen molar-refractivity contribution in [2.24, 2.45) is 0 Å². The maximum atomic E-state index is 13.0. The molecule has 5 nitrogen and oxygen atoms in total.